The first-order valence-electron chi connectivity index (χ1n) is 11.7. The second-order valence-electron chi connectivity index (χ2n) is 9.62. The first-order chi connectivity index (χ1) is 15.9. The molecule has 2 aromatic rings. The van der Waals surface area contributed by atoms with Crippen LogP contribution >= 0.6 is 0 Å². The molecule has 3 heterocycles. The molecule has 2 amide bonds. The van der Waals surface area contributed by atoms with E-state index in [0.29, 0.717) is 35.1 Å². The molecule has 7 nitrogen and oxygen atoms in total. The molecule has 1 N–H and O–H groups in total. The predicted octanol–water partition coefficient (Wildman–Crippen LogP) is 4.19. The van der Waals surface area contributed by atoms with Gasteiger partial charge in [0.1, 0.15) is 11.4 Å². The Balaban J connectivity index is 1.27. The highest BCUT2D eigenvalue weighted by molar-refractivity contribution is 6.00. The number of nitrogens with zero attached hydrogens (tertiary/aromatic N) is 1. The zero-order valence-electron chi connectivity index (χ0n) is 19.2. The smallest absolute Gasteiger partial charge is 0.262 e. The zero-order valence-corrected chi connectivity index (χ0v) is 19.2. The molecule has 1 atom stereocenters. The number of benzene rings is 2. The van der Waals surface area contributed by atoms with Gasteiger partial charge in [0.05, 0.1) is 12.2 Å². The van der Waals surface area contributed by atoms with Gasteiger partial charge in [-0.25, -0.2) is 0 Å². The number of fused-ring (bicyclic) bond motifs is 3. The average Bonchev–Trinajstić information content (AvgIpc) is 3.11. The van der Waals surface area contributed by atoms with E-state index in [-0.39, 0.29) is 30.1 Å². The highest BCUT2D eigenvalue weighted by atomic mass is 16.5. The first-order valence-corrected chi connectivity index (χ1v) is 11.7. The molecule has 3 aliphatic heterocycles. The van der Waals surface area contributed by atoms with Crippen molar-refractivity contribution in [1.29, 1.82) is 0 Å². The molecule has 3 aliphatic rings. The van der Waals surface area contributed by atoms with E-state index in [4.69, 9.17) is 14.2 Å². The third-order valence-corrected chi connectivity index (χ3v) is 6.50. The molecule has 0 bridgehead atoms. The summed E-state index contributed by atoms with van der Waals surface area (Å²) >= 11 is 0. The SMILES string of the molecule is CC1(C)Cc2cccc(OCC(=O)Nc3ccc4c(c3)C(=O)N3CCCC[C@H]3CCO4)c2O1. The third-order valence-electron chi connectivity index (χ3n) is 6.50. The highest BCUT2D eigenvalue weighted by Gasteiger charge is 2.33. The molecule has 2 aromatic carbocycles. The fraction of sp³-hybridized carbons (Fsp3) is 0.462. The molecule has 0 saturated carbocycles. The van der Waals surface area contributed by atoms with Crippen molar-refractivity contribution in [3.63, 3.8) is 0 Å². The Morgan fingerprint density at radius 1 is 1.21 bits per heavy atom. The second kappa shape index (κ2) is 8.61. The molecule has 0 aromatic heterocycles. The molecule has 1 saturated heterocycles. The minimum absolute atomic E-state index is 0.0265. The van der Waals surface area contributed by atoms with Gasteiger partial charge in [-0.3, -0.25) is 9.59 Å². The van der Waals surface area contributed by atoms with Gasteiger partial charge < -0.3 is 24.4 Å². The number of carbonyl (C=O) groups excluding carboxylic acids is 2. The number of hydrogen-bond acceptors (Lipinski definition) is 5. The maximum absolute atomic E-state index is 13.2. The number of anilines is 1. The van der Waals surface area contributed by atoms with Crippen molar-refractivity contribution in [2.24, 2.45) is 0 Å². The number of nitrogens with one attached hydrogen (secondary N) is 1. The van der Waals surface area contributed by atoms with Crippen LogP contribution in [0.15, 0.2) is 36.4 Å². The van der Waals surface area contributed by atoms with E-state index in [0.717, 1.165) is 44.2 Å². The van der Waals surface area contributed by atoms with Crippen LogP contribution in [0.4, 0.5) is 5.69 Å². The van der Waals surface area contributed by atoms with Crippen molar-refractivity contribution in [2.75, 3.05) is 25.1 Å². The molecular weight excluding hydrogens is 420 g/mol. The Kier molecular flexibility index (Phi) is 5.64. The third kappa shape index (κ3) is 4.49. The van der Waals surface area contributed by atoms with E-state index in [1.54, 1.807) is 18.2 Å². The summed E-state index contributed by atoms with van der Waals surface area (Å²) in [6.45, 7) is 5.26. The van der Waals surface area contributed by atoms with Gasteiger partial charge in [-0.15, -0.1) is 0 Å². The van der Waals surface area contributed by atoms with Gasteiger partial charge in [0, 0.05) is 36.7 Å². The Bertz CT molecular complexity index is 1080. The average molecular weight is 451 g/mol. The molecule has 7 heteroatoms. The fourth-order valence-electron chi connectivity index (χ4n) is 4.97. The van der Waals surface area contributed by atoms with Crippen LogP contribution in [0.2, 0.25) is 0 Å². The van der Waals surface area contributed by atoms with Gasteiger partial charge in [0.15, 0.2) is 18.1 Å². The van der Waals surface area contributed by atoms with Crippen molar-refractivity contribution >= 4 is 17.5 Å². The number of ether oxygens (including phenoxy) is 3. The summed E-state index contributed by atoms with van der Waals surface area (Å²) in [5.41, 5.74) is 1.84. The molecule has 0 radical (unpaired) electrons. The van der Waals surface area contributed by atoms with Crippen LogP contribution in [0.1, 0.15) is 55.5 Å². The molecule has 174 valence electrons. The summed E-state index contributed by atoms with van der Waals surface area (Å²) in [6.07, 6.45) is 4.84. The van der Waals surface area contributed by atoms with E-state index in [9.17, 15) is 9.59 Å². The van der Waals surface area contributed by atoms with Crippen LogP contribution in [0.5, 0.6) is 17.2 Å². The number of amides is 2. The van der Waals surface area contributed by atoms with E-state index in [1.165, 1.54) is 0 Å². The lowest BCUT2D eigenvalue weighted by molar-refractivity contribution is -0.118. The van der Waals surface area contributed by atoms with Crippen LogP contribution in [0, 0.1) is 0 Å². The first kappa shape index (κ1) is 21.6. The van der Waals surface area contributed by atoms with Crippen LogP contribution in [0.25, 0.3) is 0 Å². The molecule has 0 spiro atoms. The second-order valence-corrected chi connectivity index (χ2v) is 9.62. The van der Waals surface area contributed by atoms with Crippen molar-refractivity contribution < 1.29 is 23.8 Å². The summed E-state index contributed by atoms with van der Waals surface area (Å²) in [6, 6.07) is 11.2. The van der Waals surface area contributed by atoms with Crippen LogP contribution in [-0.2, 0) is 11.2 Å². The Morgan fingerprint density at radius 2 is 2.09 bits per heavy atom. The maximum atomic E-state index is 13.2. The standard InChI is InChI=1S/C26H30N2O5/c1-26(2)15-17-6-5-8-22(24(17)33-26)32-16-23(29)27-18-9-10-21-20(14-18)25(30)28-12-4-3-7-19(28)11-13-31-21/h5-6,8-10,14,19H,3-4,7,11-13,15-16H2,1-2H3,(H,27,29)/t19-/m0/s1. The van der Waals surface area contributed by atoms with E-state index in [1.807, 2.05) is 36.9 Å². The minimum Gasteiger partial charge on any atom is -0.493 e. The maximum Gasteiger partial charge on any atom is 0.262 e. The molecule has 1 fully saturated rings. The Hall–Kier alpha value is -3.22. The largest absolute Gasteiger partial charge is 0.493 e. The molecule has 33 heavy (non-hydrogen) atoms. The number of piperidine rings is 1. The Morgan fingerprint density at radius 3 is 2.97 bits per heavy atom. The zero-order chi connectivity index (χ0) is 23.0. The minimum atomic E-state index is -0.306. The van der Waals surface area contributed by atoms with Crippen LogP contribution in [-0.4, -0.2) is 48.1 Å². The van der Waals surface area contributed by atoms with Gasteiger partial charge in [0.25, 0.3) is 11.8 Å². The predicted molar refractivity (Wildman–Crippen MR) is 124 cm³/mol. The van der Waals surface area contributed by atoms with Gasteiger partial charge in [0.2, 0.25) is 0 Å². The monoisotopic (exact) mass is 450 g/mol. The quantitative estimate of drug-likeness (QED) is 0.756. The molecular formula is C26H30N2O5. The topological polar surface area (TPSA) is 77.1 Å². The summed E-state index contributed by atoms with van der Waals surface area (Å²) < 4.78 is 17.7. The van der Waals surface area contributed by atoms with Crippen LogP contribution in [0.3, 0.4) is 0 Å². The molecule has 5 rings (SSSR count). The lowest BCUT2D eigenvalue weighted by atomic mass is 9.97. The normalized spacial score (nSPS) is 20.8. The summed E-state index contributed by atoms with van der Waals surface area (Å²) in [5, 5.41) is 2.84. The summed E-state index contributed by atoms with van der Waals surface area (Å²) in [4.78, 5) is 27.8. The number of para-hydroxylation sites is 1. The van der Waals surface area contributed by atoms with Gasteiger partial charge in [-0.05, 0) is 57.4 Å². The number of carbonyl (C=O) groups is 2. The summed E-state index contributed by atoms with van der Waals surface area (Å²) in [5.74, 6) is 1.50. The highest BCUT2D eigenvalue weighted by Crippen LogP contribution is 2.41. The van der Waals surface area contributed by atoms with Crippen molar-refractivity contribution in [3.05, 3.63) is 47.5 Å². The Labute approximate surface area is 194 Å². The van der Waals surface area contributed by atoms with Crippen molar-refractivity contribution in [1.82, 2.24) is 4.90 Å². The lowest BCUT2D eigenvalue weighted by Gasteiger charge is -2.37. The molecule has 0 aliphatic carbocycles. The van der Waals surface area contributed by atoms with E-state index >= 15 is 0 Å². The summed E-state index contributed by atoms with van der Waals surface area (Å²) in [7, 11) is 0. The lowest BCUT2D eigenvalue weighted by Crippen LogP contribution is -2.45. The van der Waals surface area contributed by atoms with Crippen molar-refractivity contribution in [2.45, 2.75) is 57.6 Å². The van der Waals surface area contributed by atoms with Crippen molar-refractivity contribution in [3.8, 4) is 17.2 Å². The fourth-order valence-corrected chi connectivity index (χ4v) is 4.97. The van der Waals surface area contributed by atoms with Gasteiger partial charge >= 0.3 is 0 Å². The van der Waals surface area contributed by atoms with E-state index < -0.39 is 0 Å². The number of rotatable bonds is 4. The molecule has 0 unspecified atom stereocenters. The van der Waals surface area contributed by atoms with Crippen LogP contribution < -0.4 is 19.5 Å². The number of hydrogen-bond donors (Lipinski definition) is 1. The van der Waals surface area contributed by atoms with E-state index in [2.05, 4.69) is 5.32 Å². The van der Waals surface area contributed by atoms with Gasteiger partial charge in [-0.1, -0.05) is 12.1 Å². The van der Waals surface area contributed by atoms with Gasteiger partial charge in [-0.2, -0.15) is 0 Å².